The Morgan fingerprint density at radius 1 is 1.15 bits per heavy atom. The lowest BCUT2D eigenvalue weighted by molar-refractivity contribution is -0.131. The molecule has 4 unspecified atom stereocenters. The molecule has 0 spiro atoms. The van der Waals surface area contributed by atoms with Crippen LogP contribution in [-0.4, -0.2) is 28.4 Å². The van der Waals surface area contributed by atoms with E-state index in [2.05, 4.69) is 34.2 Å². The summed E-state index contributed by atoms with van der Waals surface area (Å²) in [4.78, 5) is 18.7. The number of halogens is 1. The Bertz CT molecular complexity index is 895. The van der Waals surface area contributed by atoms with Crippen molar-refractivity contribution in [3.8, 4) is 11.1 Å². The molecule has 1 aromatic carbocycles. The number of likely N-dealkylation sites (tertiary alicyclic amines) is 1. The summed E-state index contributed by atoms with van der Waals surface area (Å²) in [5, 5.41) is 0.814. The molecule has 1 aliphatic heterocycles. The minimum atomic E-state index is 0.337. The standard InChI is InChI=1S/C23H23ClN2O/c24-21-13-15(19-3-1-9-25-14-19)5-7-17(21)12-20-16-6-8-18(11-16)23(20)26-10-2-4-22(26)27/h1,3,5-9,13-14,16,18,20,23H,2,4,10-12H2. The second-order valence-electron chi connectivity index (χ2n) is 8.05. The van der Waals surface area contributed by atoms with E-state index in [9.17, 15) is 4.79 Å². The van der Waals surface area contributed by atoms with Gasteiger partial charge in [-0.1, -0.05) is 42.0 Å². The number of carbonyl (C=O) groups is 1. The van der Waals surface area contributed by atoms with E-state index < -0.39 is 0 Å². The zero-order valence-electron chi connectivity index (χ0n) is 15.2. The van der Waals surface area contributed by atoms with Crippen molar-refractivity contribution in [2.24, 2.45) is 17.8 Å². The smallest absolute Gasteiger partial charge is 0.222 e. The Hall–Kier alpha value is -2.13. The lowest BCUT2D eigenvalue weighted by Gasteiger charge is -2.36. The van der Waals surface area contributed by atoms with Gasteiger partial charge < -0.3 is 4.90 Å². The third kappa shape index (κ3) is 2.98. The molecule has 4 heteroatoms. The van der Waals surface area contributed by atoms with Crippen molar-refractivity contribution < 1.29 is 4.79 Å². The van der Waals surface area contributed by atoms with Gasteiger partial charge in [-0.05, 0) is 60.3 Å². The van der Waals surface area contributed by atoms with Crippen LogP contribution in [0.15, 0.2) is 54.9 Å². The molecule has 138 valence electrons. The predicted octanol–water partition coefficient (Wildman–Crippen LogP) is 4.76. The first-order valence-electron chi connectivity index (χ1n) is 9.87. The summed E-state index contributed by atoms with van der Waals surface area (Å²) in [5.74, 6) is 1.91. The molecule has 4 atom stereocenters. The molecule has 2 aromatic rings. The Balaban J connectivity index is 1.41. The summed E-state index contributed by atoms with van der Waals surface area (Å²) in [5.41, 5.74) is 3.36. The van der Waals surface area contributed by atoms with Crippen LogP contribution in [0.3, 0.4) is 0 Å². The van der Waals surface area contributed by atoms with E-state index in [4.69, 9.17) is 11.6 Å². The van der Waals surface area contributed by atoms with Crippen LogP contribution in [0.4, 0.5) is 0 Å². The third-order valence-corrected chi connectivity index (χ3v) is 6.90. The number of amides is 1. The number of hydrogen-bond donors (Lipinski definition) is 0. The highest BCUT2D eigenvalue weighted by molar-refractivity contribution is 6.31. The molecular formula is C23H23ClN2O. The van der Waals surface area contributed by atoms with Crippen molar-refractivity contribution in [1.82, 2.24) is 9.88 Å². The number of hydrogen-bond acceptors (Lipinski definition) is 2. The average Bonchev–Trinajstić information content (AvgIpc) is 3.40. The molecule has 2 fully saturated rings. The van der Waals surface area contributed by atoms with E-state index in [0.717, 1.165) is 35.5 Å². The van der Waals surface area contributed by atoms with Crippen LogP contribution in [0.2, 0.25) is 5.02 Å². The van der Waals surface area contributed by atoms with E-state index in [1.54, 1.807) is 6.20 Å². The van der Waals surface area contributed by atoms with E-state index in [1.807, 2.05) is 24.4 Å². The number of fused-ring (bicyclic) bond motifs is 2. The molecule has 27 heavy (non-hydrogen) atoms. The van der Waals surface area contributed by atoms with E-state index in [-0.39, 0.29) is 0 Å². The van der Waals surface area contributed by atoms with Gasteiger partial charge in [0, 0.05) is 42.0 Å². The van der Waals surface area contributed by atoms with Crippen molar-refractivity contribution in [3.63, 3.8) is 0 Å². The predicted molar refractivity (Wildman–Crippen MR) is 107 cm³/mol. The molecule has 2 aliphatic carbocycles. The number of allylic oxidation sites excluding steroid dienone is 1. The minimum Gasteiger partial charge on any atom is -0.339 e. The fourth-order valence-corrected chi connectivity index (χ4v) is 5.55. The molecule has 1 saturated heterocycles. The molecule has 1 aromatic heterocycles. The van der Waals surface area contributed by atoms with Gasteiger partial charge in [-0.25, -0.2) is 0 Å². The van der Waals surface area contributed by atoms with Gasteiger partial charge in [-0.2, -0.15) is 0 Å². The first kappa shape index (κ1) is 17.0. The minimum absolute atomic E-state index is 0.337. The zero-order chi connectivity index (χ0) is 18.4. The fourth-order valence-electron chi connectivity index (χ4n) is 5.30. The normalized spacial score (nSPS) is 29.1. The van der Waals surface area contributed by atoms with Crippen LogP contribution < -0.4 is 0 Å². The Labute approximate surface area is 165 Å². The van der Waals surface area contributed by atoms with E-state index >= 15 is 0 Å². The topological polar surface area (TPSA) is 33.2 Å². The molecule has 3 aliphatic rings. The largest absolute Gasteiger partial charge is 0.339 e. The maximum atomic E-state index is 12.4. The quantitative estimate of drug-likeness (QED) is 0.719. The third-order valence-electron chi connectivity index (χ3n) is 6.55. The summed E-state index contributed by atoms with van der Waals surface area (Å²) in [6, 6.07) is 10.7. The molecule has 5 rings (SSSR count). The fraction of sp³-hybridized carbons (Fsp3) is 0.391. The first-order chi connectivity index (χ1) is 13.2. The Morgan fingerprint density at radius 2 is 2.04 bits per heavy atom. The lowest BCUT2D eigenvalue weighted by Crippen LogP contribution is -2.44. The highest BCUT2D eigenvalue weighted by atomic mass is 35.5. The molecule has 1 amide bonds. The van der Waals surface area contributed by atoms with Crippen LogP contribution >= 0.6 is 11.6 Å². The van der Waals surface area contributed by atoms with Crippen molar-refractivity contribution >= 4 is 17.5 Å². The number of rotatable bonds is 4. The van der Waals surface area contributed by atoms with Gasteiger partial charge in [0.05, 0.1) is 0 Å². The summed E-state index contributed by atoms with van der Waals surface area (Å²) >= 11 is 6.68. The summed E-state index contributed by atoms with van der Waals surface area (Å²) in [6.07, 6.45) is 12.2. The first-order valence-corrected chi connectivity index (χ1v) is 10.2. The second-order valence-corrected chi connectivity index (χ2v) is 8.45. The van der Waals surface area contributed by atoms with Gasteiger partial charge in [0.25, 0.3) is 0 Å². The van der Waals surface area contributed by atoms with E-state index in [1.165, 1.54) is 12.0 Å². The summed E-state index contributed by atoms with van der Waals surface area (Å²) < 4.78 is 0. The van der Waals surface area contributed by atoms with Crippen molar-refractivity contribution in [2.45, 2.75) is 31.7 Å². The van der Waals surface area contributed by atoms with Crippen LogP contribution in [0.25, 0.3) is 11.1 Å². The van der Waals surface area contributed by atoms with Gasteiger partial charge in [0.15, 0.2) is 0 Å². The molecule has 1 saturated carbocycles. The average molecular weight is 379 g/mol. The SMILES string of the molecule is O=C1CCCN1C1C2C=CC(C2)C1Cc1ccc(-c2cccnc2)cc1Cl. The van der Waals surface area contributed by atoms with Crippen molar-refractivity contribution in [1.29, 1.82) is 0 Å². The lowest BCUT2D eigenvalue weighted by atomic mass is 9.83. The highest BCUT2D eigenvalue weighted by Crippen LogP contribution is 2.48. The van der Waals surface area contributed by atoms with E-state index in [0.29, 0.717) is 36.1 Å². The van der Waals surface area contributed by atoms with Gasteiger partial charge >= 0.3 is 0 Å². The second kappa shape index (κ2) is 6.79. The molecule has 0 radical (unpaired) electrons. The zero-order valence-corrected chi connectivity index (χ0v) is 16.0. The van der Waals surface area contributed by atoms with Gasteiger partial charge in [0.1, 0.15) is 0 Å². The van der Waals surface area contributed by atoms with Gasteiger partial charge in [-0.3, -0.25) is 9.78 Å². The van der Waals surface area contributed by atoms with Crippen molar-refractivity contribution in [2.75, 3.05) is 6.54 Å². The molecule has 0 N–H and O–H groups in total. The van der Waals surface area contributed by atoms with Gasteiger partial charge in [-0.15, -0.1) is 0 Å². The van der Waals surface area contributed by atoms with Crippen LogP contribution in [0, 0.1) is 17.8 Å². The Kier molecular flexibility index (Phi) is 4.28. The number of nitrogens with zero attached hydrogens (tertiary/aromatic N) is 2. The Morgan fingerprint density at radius 3 is 2.78 bits per heavy atom. The van der Waals surface area contributed by atoms with Crippen LogP contribution in [0.1, 0.15) is 24.8 Å². The summed E-state index contributed by atoms with van der Waals surface area (Å²) in [7, 11) is 0. The number of aromatic nitrogens is 1. The maximum Gasteiger partial charge on any atom is 0.222 e. The number of benzene rings is 1. The van der Waals surface area contributed by atoms with Crippen LogP contribution in [-0.2, 0) is 11.2 Å². The number of carbonyl (C=O) groups excluding carboxylic acids is 1. The molecule has 2 heterocycles. The van der Waals surface area contributed by atoms with Gasteiger partial charge in [0.2, 0.25) is 5.91 Å². The highest BCUT2D eigenvalue weighted by Gasteiger charge is 2.48. The number of pyridine rings is 1. The molecular weight excluding hydrogens is 356 g/mol. The molecule has 3 nitrogen and oxygen atoms in total. The van der Waals surface area contributed by atoms with Crippen LogP contribution in [0.5, 0.6) is 0 Å². The monoisotopic (exact) mass is 378 g/mol. The van der Waals surface area contributed by atoms with Crippen molar-refractivity contribution in [3.05, 3.63) is 65.5 Å². The summed E-state index contributed by atoms with van der Waals surface area (Å²) in [6.45, 7) is 0.921. The maximum absolute atomic E-state index is 12.4. The molecule has 2 bridgehead atoms.